The van der Waals surface area contributed by atoms with E-state index < -0.39 is 35.6 Å². The minimum Gasteiger partial charge on any atom is -1.00 e. The van der Waals surface area contributed by atoms with Gasteiger partial charge in [-0.15, -0.1) is 5.38 Å². The first-order valence-electron chi connectivity index (χ1n) is 19.0. The second kappa shape index (κ2) is 46.6. The van der Waals surface area contributed by atoms with Gasteiger partial charge in [-0.1, -0.05) is 38.8 Å². The smallest absolute Gasteiger partial charge is 1.00 e. The van der Waals surface area contributed by atoms with Crippen LogP contribution in [0.5, 0.6) is 0 Å². The normalized spacial score (nSPS) is 10.1. The fraction of sp³-hybridized carbons (Fsp3) is 0.700. The fourth-order valence-corrected chi connectivity index (χ4v) is 39.1. The van der Waals surface area contributed by atoms with Gasteiger partial charge in [0.15, 0.2) is 0 Å². The van der Waals surface area contributed by atoms with Crippen molar-refractivity contribution in [2.45, 2.75) is 172 Å². The zero-order chi connectivity index (χ0) is 34.6. The van der Waals surface area contributed by atoms with Crippen LogP contribution in [0, 0.1) is 5.38 Å². The molecule has 3 rings (SSSR count). The van der Waals surface area contributed by atoms with Crippen LogP contribution in [0.15, 0.2) is 57.9 Å². The molecule has 0 aliphatic heterocycles. The maximum atomic E-state index is 6.89. The molecule has 3 heterocycles. The molecule has 0 nitrogen and oxygen atoms in total. The van der Waals surface area contributed by atoms with Crippen molar-refractivity contribution in [1.82, 2.24) is 0 Å². The zero-order valence-corrected chi connectivity index (χ0v) is 43.6. The number of unbranched alkanes of at least 4 members (excludes halogenated alkanes) is 7. The van der Waals surface area contributed by atoms with Crippen LogP contribution in [-0.4, -0.2) is 35.6 Å². The third-order valence-corrected chi connectivity index (χ3v) is 43.3. The minimum atomic E-state index is -2.09. The van der Waals surface area contributed by atoms with Gasteiger partial charge >= 0.3 is 259 Å². The van der Waals surface area contributed by atoms with E-state index in [2.05, 4.69) is 89.6 Å². The maximum absolute atomic E-state index is 6.89. The summed E-state index contributed by atoms with van der Waals surface area (Å²) in [5.74, 6) is 0. The summed E-state index contributed by atoms with van der Waals surface area (Å²) in [4.78, 5) is 0. The Balaban J connectivity index is -0.000000183. The molecule has 0 amide bonds. The topological polar surface area (TPSA) is 0 Å². The molecule has 0 aromatic carbocycles. The van der Waals surface area contributed by atoms with Crippen LogP contribution in [0.25, 0.3) is 0 Å². The number of hydrogen-bond acceptors (Lipinski definition) is 3. The molecule has 49 heavy (non-hydrogen) atoms. The van der Waals surface area contributed by atoms with E-state index in [1.165, 1.54) is 103 Å². The largest absolute Gasteiger partial charge is 1.00 e. The number of hydrogen-bond donors (Lipinski definition) is 0. The van der Waals surface area contributed by atoms with Gasteiger partial charge in [-0.25, -0.2) is 6.07 Å². The van der Waals surface area contributed by atoms with E-state index in [1.807, 2.05) is 43.3 Å². The maximum Gasteiger partial charge on any atom is 1.00 e. The molecular weight excluding hydrogens is 899 g/mol. The Labute approximate surface area is 362 Å². The minimum absolute atomic E-state index is 0. The van der Waals surface area contributed by atoms with Crippen molar-refractivity contribution in [3.63, 3.8) is 0 Å². The first-order valence-corrected chi connectivity index (χ1v) is 38.8. The molecule has 0 unspecified atom stereocenters. The van der Waals surface area contributed by atoms with Crippen molar-refractivity contribution in [1.29, 1.82) is 0 Å². The molecule has 0 bridgehead atoms. The Kier molecular flexibility index (Phi) is 57.8. The summed E-state index contributed by atoms with van der Waals surface area (Å²) in [6.45, 7) is 18.3. The summed E-state index contributed by atoms with van der Waals surface area (Å²) in [6, 6.07) is 12.7. The standard InChI is InChI=1S/C4H4S.2C4H3S.C4H10.6C4H9.2ClH.2Li.2Sn/c3*1-2-4-5-3-1;7*1-3-4-2;;;;;;/h1-4H;2*1-3H;3-4H2,1-2H3;6*1,3-4H2,2H3;2*1H;;;;/q;;-1;;;;;;;;;;2*+1;;+1/p-2. The number of halogens is 2. The van der Waals surface area contributed by atoms with E-state index in [1.54, 1.807) is 36.0 Å². The molecule has 0 fully saturated rings. The van der Waals surface area contributed by atoms with Crippen molar-refractivity contribution in [3.05, 3.63) is 63.3 Å². The molecule has 0 saturated carbocycles. The van der Waals surface area contributed by atoms with Crippen molar-refractivity contribution in [2.24, 2.45) is 0 Å². The fourth-order valence-electron chi connectivity index (χ4n) is 5.15. The van der Waals surface area contributed by atoms with E-state index in [-0.39, 0.29) is 50.1 Å². The molecule has 0 N–H and O–H groups in total. The summed E-state index contributed by atoms with van der Waals surface area (Å²) in [6.07, 6.45) is 19.3. The predicted octanol–water partition coefficient (Wildman–Crippen LogP) is 7.49. The van der Waals surface area contributed by atoms with Gasteiger partial charge in [0.2, 0.25) is 0 Å². The third kappa shape index (κ3) is 37.2. The van der Waals surface area contributed by atoms with Gasteiger partial charge in [0, 0.05) is 0 Å². The Morgan fingerprint density at radius 2 is 0.939 bits per heavy atom. The Morgan fingerprint density at radius 1 is 0.531 bits per heavy atom. The number of rotatable bonds is 20. The third-order valence-electron chi connectivity index (χ3n) is 8.31. The van der Waals surface area contributed by atoms with Gasteiger partial charge in [-0.2, -0.15) is 22.8 Å². The monoisotopic (exact) mass is 974 g/mol. The Bertz CT molecular complexity index is 793. The van der Waals surface area contributed by atoms with Gasteiger partial charge in [-0.3, -0.25) is 0 Å². The van der Waals surface area contributed by atoms with E-state index >= 15 is 0 Å². The van der Waals surface area contributed by atoms with Gasteiger partial charge in [-0.05, 0) is 10.8 Å². The molecular formula is C40H74Cl2Li2S3Sn2. The van der Waals surface area contributed by atoms with Crippen molar-refractivity contribution >= 4 is 81.5 Å². The van der Waals surface area contributed by atoms with Crippen molar-refractivity contribution < 1.29 is 50.1 Å². The molecule has 0 aliphatic carbocycles. The Hall–Kier alpha value is 2.47. The van der Waals surface area contributed by atoms with Crippen LogP contribution < -0.4 is 53.0 Å². The quantitative estimate of drug-likeness (QED) is 0.0815. The van der Waals surface area contributed by atoms with Crippen molar-refractivity contribution in [3.8, 4) is 0 Å². The number of thiophene rings is 3. The molecule has 0 aliphatic rings. The van der Waals surface area contributed by atoms with Crippen molar-refractivity contribution in [2.75, 3.05) is 0 Å². The molecule has 9 heteroatoms. The van der Waals surface area contributed by atoms with Gasteiger partial charge < -0.3 is 23.7 Å². The van der Waals surface area contributed by atoms with Gasteiger partial charge in [0.1, 0.15) is 0 Å². The summed E-state index contributed by atoms with van der Waals surface area (Å²) in [7, 11) is 6.89. The van der Waals surface area contributed by atoms with Crippen LogP contribution in [-0.2, 0) is 0 Å². The molecule has 0 radical (unpaired) electrons. The average Bonchev–Trinajstić information content (AvgIpc) is 3.93. The van der Waals surface area contributed by atoms with E-state index in [9.17, 15) is 0 Å². The van der Waals surface area contributed by atoms with Crippen LogP contribution in [0.2, 0.25) is 26.6 Å². The summed E-state index contributed by atoms with van der Waals surface area (Å²) >= 11 is 1.27. The van der Waals surface area contributed by atoms with Crippen LogP contribution >= 0.6 is 42.9 Å². The summed E-state index contributed by atoms with van der Waals surface area (Å²) in [5, 5.41) is 11.3. The second-order valence-corrected chi connectivity index (χ2v) is 45.5. The van der Waals surface area contributed by atoms with Gasteiger partial charge in [0.25, 0.3) is 0 Å². The second-order valence-electron chi connectivity index (χ2n) is 12.6. The summed E-state index contributed by atoms with van der Waals surface area (Å²) in [5.41, 5.74) is 0. The zero-order valence-electron chi connectivity index (χ0n) is 33.9. The van der Waals surface area contributed by atoms with E-state index in [0.29, 0.717) is 0 Å². The van der Waals surface area contributed by atoms with E-state index in [0.717, 1.165) is 0 Å². The molecule has 3 aromatic heterocycles. The Morgan fingerprint density at radius 3 is 1.16 bits per heavy atom. The van der Waals surface area contributed by atoms with E-state index in [4.69, 9.17) is 8.92 Å². The molecule has 0 spiro atoms. The SMILES string of the molecule is CCCC.CCC[CH2][Sn]([CH2]CCC)([CH2]CCC)[c]1cccs1.CCC[CH2][Sn]([Cl])([CH2]CCC)[CH2]CCC.[Cl-].[Li+].[Li+].[c-]1cccs1.c1ccsc1. The first kappa shape index (κ1) is 60.7. The van der Waals surface area contributed by atoms with Crippen LogP contribution in [0.4, 0.5) is 0 Å². The van der Waals surface area contributed by atoms with Crippen LogP contribution in [0.3, 0.4) is 0 Å². The predicted molar refractivity (Wildman–Crippen MR) is 228 cm³/mol. The molecule has 0 atom stereocenters. The molecule has 0 saturated heterocycles. The molecule has 3 aromatic rings. The first-order chi connectivity index (χ1) is 22.4. The molecule has 276 valence electrons. The van der Waals surface area contributed by atoms with Crippen LogP contribution in [0.1, 0.15) is 145 Å². The average molecular weight is 973 g/mol. The van der Waals surface area contributed by atoms with Gasteiger partial charge in [0.05, 0.1) is 0 Å². The summed E-state index contributed by atoms with van der Waals surface area (Å²) < 4.78 is 10.9.